The monoisotopic (exact) mass is 260 g/mol. The van der Waals surface area contributed by atoms with E-state index >= 15 is 0 Å². The van der Waals surface area contributed by atoms with Gasteiger partial charge in [0.15, 0.2) is 0 Å². The fraction of sp³-hybridized carbons (Fsp3) is 0.647. The van der Waals surface area contributed by atoms with Crippen molar-refractivity contribution in [3.05, 3.63) is 35.9 Å². The first-order chi connectivity index (χ1) is 9.29. The van der Waals surface area contributed by atoms with Crippen LogP contribution in [0.2, 0.25) is 0 Å². The largest absolute Gasteiger partial charge is 0.307 e. The standard InChI is InChI=1S/C17H28N2/c1-3-12-19-13-7-10-17(11-14-19)18-15(2)16-8-5-4-6-9-16/h4-6,8-9,15,17-18H,3,7,10-14H2,1-2H3. The third-order valence-electron chi connectivity index (χ3n) is 4.15. The highest BCUT2D eigenvalue weighted by atomic mass is 15.1. The summed E-state index contributed by atoms with van der Waals surface area (Å²) in [6.07, 6.45) is 5.21. The fourth-order valence-electron chi connectivity index (χ4n) is 3.05. The molecule has 0 spiro atoms. The van der Waals surface area contributed by atoms with Crippen molar-refractivity contribution in [3.8, 4) is 0 Å². The molecule has 2 heteroatoms. The first-order valence-electron chi connectivity index (χ1n) is 7.83. The number of hydrogen-bond acceptors (Lipinski definition) is 2. The third-order valence-corrected chi connectivity index (χ3v) is 4.15. The zero-order chi connectivity index (χ0) is 13.5. The zero-order valence-corrected chi connectivity index (χ0v) is 12.4. The minimum absolute atomic E-state index is 0.462. The molecule has 0 aromatic heterocycles. The second-order valence-corrected chi connectivity index (χ2v) is 5.77. The van der Waals surface area contributed by atoms with Crippen LogP contribution in [0.4, 0.5) is 0 Å². The molecule has 0 radical (unpaired) electrons. The summed E-state index contributed by atoms with van der Waals surface area (Å²) >= 11 is 0. The first kappa shape index (κ1) is 14.5. The summed E-state index contributed by atoms with van der Waals surface area (Å²) in [5.74, 6) is 0. The topological polar surface area (TPSA) is 15.3 Å². The van der Waals surface area contributed by atoms with Crippen molar-refractivity contribution >= 4 is 0 Å². The van der Waals surface area contributed by atoms with Crippen LogP contribution in [0.1, 0.15) is 51.1 Å². The molecule has 0 amide bonds. The molecule has 0 saturated carbocycles. The van der Waals surface area contributed by atoms with Crippen molar-refractivity contribution in [2.24, 2.45) is 0 Å². The Kier molecular flexibility index (Phi) is 5.87. The Balaban J connectivity index is 1.83. The van der Waals surface area contributed by atoms with Gasteiger partial charge in [-0.2, -0.15) is 0 Å². The maximum atomic E-state index is 3.81. The summed E-state index contributed by atoms with van der Waals surface area (Å²) in [7, 11) is 0. The summed E-state index contributed by atoms with van der Waals surface area (Å²) in [6, 6.07) is 11.9. The molecule has 1 heterocycles. The molecule has 1 saturated heterocycles. The predicted molar refractivity (Wildman–Crippen MR) is 82.4 cm³/mol. The summed E-state index contributed by atoms with van der Waals surface area (Å²) < 4.78 is 0. The number of likely N-dealkylation sites (tertiary alicyclic amines) is 1. The lowest BCUT2D eigenvalue weighted by Gasteiger charge is -2.23. The van der Waals surface area contributed by atoms with E-state index in [4.69, 9.17) is 0 Å². The van der Waals surface area contributed by atoms with Gasteiger partial charge >= 0.3 is 0 Å². The van der Waals surface area contributed by atoms with Crippen molar-refractivity contribution in [2.45, 2.75) is 51.6 Å². The zero-order valence-electron chi connectivity index (χ0n) is 12.4. The number of nitrogens with zero attached hydrogens (tertiary/aromatic N) is 1. The molecular weight excluding hydrogens is 232 g/mol. The minimum atomic E-state index is 0.462. The van der Waals surface area contributed by atoms with Crippen LogP contribution in [-0.4, -0.2) is 30.6 Å². The van der Waals surface area contributed by atoms with Crippen LogP contribution >= 0.6 is 0 Å². The Hall–Kier alpha value is -0.860. The molecular formula is C17H28N2. The maximum absolute atomic E-state index is 3.81. The lowest BCUT2D eigenvalue weighted by atomic mass is 10.0. The Morgan fingerprint density at radius 2 is 2.00 bits per heavy atom. The Labute approximate surface area is 118 Å². The molecule has 1 fully saturated rings. The summed E-state index contributed by atoms with van der Waals surface area (Å²) in [6.45, 7) is 8.36. The van der Waals surface area contributed by atoms with Crippen molar-refractivity contribution in [3.63, 3.8) is 0 Å². The van der Waals surface area contributed by atoms with E-state index in [1.54, 1.807) is 0 Å². The van der Waals surface area contributed by atoms with Crippen LogP contribution in [0.5, 0.6) is 0 Å². The molecule has 2 nitrogen and oxygen atoms in total. The van der Waals surface area contributed by atoms with Gasteiger partial charge in [-0.25, -0.2) is 0 Å². The van der Waals surface area contributed by atoms with E-state index in [0.29, 0.717) is 12.1 Å². The molecule has 1 aromatic rings. The fourth-order valence-corrected chi connectivity index (χ4v) is 3.05. The van der Waals surface area contributed by atoms with Gasteiger partial charge in [0, 0.05) is 12.1 Å². The van der Waals surface area contributed by atoms with Gasteiger partial charge in [0.1, 0.15) is 0 Å². The first-order valence-corrected chi connectivity index (χ1v) is 7.83. The van der Waals surface area contributed by atoms with Crippen LogP contribution in [0.3, 0.4) is 0 Å². The second-order valence-electron chi connectivity index (χ2n) is 5.77. The maximum Gasteiger partial charge on any atom is 0.0294 e. The molecule has 2 rings (SSSR count). The molecule has 1 aromatic carbocycles. The second kappa shape index (κ2) is 7.66. The Bertz CT molecular complexity index is 350. The van der Waals surface area contributed by atoms with Gasteiger partial charge in [0.2, 0.25) is 0 Å². The highest BCUT2D eigenvalue weighted by molar-refractivity contribution is 5.18. The summed E-state index contributed by atoms with van der Waals surface area (Å²) in [5.41, 5.74) is 1.40. The SMILES string of the molecule is CCCN1CCCC(NC(C)c2ccccc2)CC1. The third kappa shape index (κ3) is 4.63. The number of hydrogen-bond donors (Lipinski definition) is 1. The lowest BCUT2D eigenvalue weighted by molar-refractivity contribution is 0.281. The molecule has 1 aliphatic heterocycles. The average molecular weight is 260 g/mol. The molecule has 0 bridgehead atoms. The van der Waals surface area contributed by atoms with E-state index in [0.717, 1.165) is 0 Å². The van der Waals surface area contributed by atoms with Gasteiger partial charge in [0.25, 0.3) is 0 Å². The number of nitrogens with one attached hydrogen (secondary N) is 1. The van der Waals surface area contributed by atoms with Crippen molar-refractivity contribution in [2.75, 3.05) is 19.6 Å². The molecule has 2 unspecified atom stereocenters. The van der Waals surface area contributed by atoms with Gasteiger partial charge in [0.05, 0.1) is 0 Å². The smallest absolute Gasteiger partial charge is 0.0294 e. The Morgan fingerprint density at radius 3 is 2.74 bits per heavy atom. The van der Waals surface area contributed by atoms with Crippen LogP contribution in [0, 0.1) is 0 Å². The van der Waals surface area contributed by atoms with Crippen LogP contribution in [0.25, 0.3) is 0 Å². The highest BCUT2D eigenvalue weighted by Gasteiger charge is 2.18. The Morgan fingerprint density at radius 1 is 1.21 bits per heavy atom. The lowest BCUT2D eigenvalue weighted by Crippen LogP contribution is -2.33. The van der Waals surface area contributed by atoms with Gasteiger partial charge in [-0.15, -0.1) is 0 Å². The average Bonchev–Trinajstić information content (AvgIpc) is 2.66. The van der Waals surface area contributed by atoms with Gasteiger partial charge in [-0.05, 0) is 57.8 Å². The molecule has 2 atom stereocenters. The van der Waals surface area contributed by atoms with Crippen molar-refractivity contribution < 1.29 is 0 Å². The quantitative estimate of drug-likeness (QED) is 0.870. The van der Waals surface area contributed by atoms with E-state index in [2.05, 4.69) is 54.4 Å². The van der Waals surface area contributed by atoms with Crippen LogP contribution in [0.15, 0.2) is 30.3 Å². The van der Waals surface area contributed by atoms with Gasteiger partial charge in [-0.3, -0.25) is 0 Å². The predicted octanol–water partition coefficient (Wildman–Crippen LogP) is 3.60. The molecule has 1 N–H and O–H groups in total. The van der Waals surface area contributed by atoms with E-state index in [-0.39, 0.29) is 0 Å². The van der Waals surface area contributed by atoms with Crippen molar-refractivity contribution in [1.82, 2.24) is 10.2 Å². The number of rotatable bonds is 5. The minimum Gasteiger partial charge on any atom is -0.307 e. The van der Waals surface area contributed by atoms with E-state index < -0.39 is 0 Å². The number of benzene rings is 1. The van der Waals surface area contributed by atoms with E-state index in [1.165, 1.54) is 50.9 Å². The normalized spacial score (nSPS) is 22.9. The molecule has 106 valence electrons. The van der Waals surface area contributed by atoms with E-state index in [9.17, 15) is 0 Å². The molecule has 19 heavy (non-hydrogen) atoms. The van der Waals surface area contributed by atoms with Crippen LogP contribution in [-0.2, 0) is 0 Å². The van der Waals surface area contributed by atoms with E-state index in [1.807, 2.05) is 0 Å². The summed E-state index contributed by atoms with van der Waals surface area (Å²) in [4.78, 5) is 2.62. The van der Waals surface area contributed by atoms with Gasteiger partial charge < -0.3 is 10.2 Å². The molecule has 1 aliphatic rings. The molecule has 0 aliphatic carbocycles. The van der Waals surface area contributed by atoms with Crippen LogP contribution < -0.4 is 5.32 Å². The highest BCUT2D eigenvalue weighted by Crippen LogP contribution is 2.17. The summed E-state index contributed by atoms with van der Waals surface area (Å²) in [5, 5.41) is 3.81. The van der Waals surface area contributed by atoms with Gasteiger partial charge in [-0.1, -0.05) is 37.3 Å². The van der Waals surface area contributed by atoms with Crippen molar-refractivity contribution in [1.29, 1.82) is 0 Å².